The van der Waals surface area contributed by atoms with Gasteiger partial charge in [0, 0.05) is 18.2 Å². The van der Waals surface area contributed by atoms with E-state index in [9.17, 15) is 13.2 Å². The summed E-state index contributed by atoms with van der Waals surface area (Å²) < 4.78 is 39.4. The van der Waals surface area contributed by atoms with Gasteiger partial charge in [-0.15, -0.1) is 0 Å². The van der Waals surface area contributed by atoms with E-state index in [4.69, 9.17) is 0 Å². The predicted molar refractivity (Wildman–Crippen MR) is 66.0 cm³/mol. The summed E-state index contributed by atoms with van der Waals surface area (Å²) in [4.78, 5) is 0. The first-order chi connectivity index (χ1) is 8.60. The fourth-order valence-electron chi connectivity index (χ4n) is 2.65. The lowest BCUT2D eigenvalue weighted by atomic mass is 9.84. The van der Waals surface area contributed by atoms with Crippen LogP contribution in [0.2, 0.25) is 0 Å². The summed E-state index contributed by atoms with van der Waals surface area (Å²) in [5.41, 5.74) is 0.0654. The van der Waals surface area contributed by atoms with E-state index in [0.29, 0.717) is 12.0 Å². The third-order valence-corrected chi connectivity index (χ3v) is 3.73. The van der Waals surface area contributed by atoms with E-state index in [2.05, 4.69) is 12.2 Å². The average molecular weight is 257 g/mol. The zero-order valence-corrected chi connectivity index (χ0v) is 10.5. The highest BCUT2D eigenvalue weighted by molar-refractivity contribution is 5.46. The van der Waals surface area contributed by atoms with Crippen molar-refractivity contribution in [2.24, 2.45) is 5.92 Å². The molecule has 1 aromatic rings. The lowest BCUT2D eigenvalue weighted by molar-refractivity contribution is 0.326. The standard InChI is InChI=1S/C14H18F3N/c1-2-9-4-3-5-10(6-9)18-14-8-12(16)11(15)7-13(14)17/h7-10,18H,2-6H2,1H3. The quantitative estimate of drug-likeness (QED) is 0.787. The maximum atomic E-state index is 13.5. The molecule has 0 aliphatic heterocycles. The summed E-state index contributed by atoms with van der Waals surface area (Å²) in [5.74, 6) is -2.24. The number of hydrogen-bond donors (Lipinski definition) is 1. The second-order valence-electron chi connectivity index (χ2n) is 5.03. The normalized spacial score (nSPS) is 24.0. The molecule has 1 N–H and O–H groups in total. The second kappa shape index (κ2) is 5.63. The molecule has 4 heteroatoms. The van der Waals surface area contributed by atoms with E-state index in [0.717, 1.165) is 31.7 Å². The van der Waals surface area contributed by atoms with Gasteiger partial charge in [-0.05, 0) is 18.8 Å². The van der Waals surface area contributed by atoms with Crippen molar-refractivity contribution in [1.82, 2.24) is 0 Å². The minimum Gasteiger partial charge on any atom is -0.380 e. The summed E-state index contributed by atoms with van der Waals surface area (Å²) in [7, 11) is 0. The molecule has 1 aliphatic carbocycles. The molecule has 1 fully saturated rings. The Hall–Kier alpha value is -1.19. The van der Waals surface area contributed by atoms with Crippen molar-refractivity contribution in [3.63, 3.8) is 0 Å². The van der Waals surface area contributed by atoms with Gasteiger partial charge in [0.2, 0.25) is 0 Å². The fourth-order valence-corrected chi connectivity index (χ4v) is 2.65. The number of benzene rings is 1. The van der Waals surface area contributed by atoms with Crippen LogP contribution in [0, 0.1) is 23.4 Å². The Labute approximate surface area is 105 Å². The molecule has 2 unspecified atom stereocenters. The molecule has 0 saturated heterocycles. The van der Waals surface area contributed by atoms with Crippen LogP contribution in [0.5, 0.6) is 0 Å². The van der Waals surface area contributed by atoms with Gasteiger partial charge >= 0.3 is 0 Å². The Bertz CT molecular complexity index is 420. The molecular formula is C14H18F3N. The maximum Gasteiger partial charge on any atom is 0.161 e. The van der Waals surface area contributed by atoms with Crippen LogP contribution in [-0.2, 0) is 0 Å². The van der Waals surface area contributed by atoms with Gasteiger partial charge in [0.1, 0.15) is 5.82 Å². The maximum absolute atomic E-state index is 13.5. The Morgan fingerprint density at radius 3 is 2.56 bits per heavy atom. The lowest BCUT2D eigenvalue weighted by Gasteiger charge is -2.30. The van der Waals surface area contributed by atoms with Crippen LogP contribution in [-0.4, -0.2) is 6.04 Å². The van der Waals surface area contributed by atoms with Crippen molar-refractivity contribution in [2.75, 3.05) is 5.32 Å². The lowest BCUT2D eigenvalue weighted by Crippen LogP contribution is -2.27. The topological polar surface area (TPSA) is 12.0 Å². The number of hydrogen-bond acceptors (Lipinski definition) is 1. The number of nitrogens with one attached hydrogen (secondary N) is 1. The largest absolute Gasteiger partial charge is 0.380 e. The summed E-state index contributed by atoms with van der Waals surface area (Å²) >= 11 is 0. The van der Waals surface area contributed by atoms with Gasteiger partial charge in [0.05, 0.1) is 5.69 Å². The molecule has 18 heavy (non-hydrogen) atoms. The van der Waals surface area contributed by atoms with Crippen molar-refractivity contribution in [2.45, 2.75) is 45.1 Å². The SMILES string of the molecule is CCC1CCCC(Nc2cc(F)c(F)cc2F)C1. The van der Waals surface area contributed by atoms with E-state index in [1.165, 1.54) is 6.42 Å². The number of anilines is 1. The first kappa shape index (κ1) is 13.2. The van der Waals surface area contributed by atoms with Crippen molar-refractivity contribution >= 4 is 5.69 Å². The highest BCUT2D eigenvalue weighted by Gasteiger charge is 2.22. The fraction of sp³-hybridized carbons (Fsp3) is 0.571. The molecule has 0 spiro atoms. The molecule has 1 aliphatic rings. The van der Waals surface area contributed by atoms with Crippen LogP contribution in [0.3, 0.4) is 0 Å². The Morgan fingerprint density at radius 2 is 1.83 bits per heavy atom. The summed E-state index contributed by atoms with van der Waals surface area (Å²) in [6.45, 7) is 2.14. The summed E-state index contributed by atoms with van der Waals surface area (Å²) in [6, 6.07) is 1.65. The van der Waals surface area contributed by atoms with E-state index < -0.39 is 17.5 Å². The monoisotopic (exact) mass is 257 g/mol. The number of halogens is 3. The molecule has 0 heterocycles. The smallest absolute Gasteiger partial charge is 0.161 e. The van der Waals surface area contributed by atoms with Crippen molar-refractivity contribution in [1.29, 1.82) is 0 Å². The summed E-state index contributed by atoms with van der Waals surface area (Å²) in [5, 5.41) is 3.00. The molecule has 2 rings (SSSR count). The van der Waals surface area contributed by atoms with E-state index in [1.807, 2.05) is 0 Å². The average Bonchev–Trinajstić information content (AvgIpc) is 2.36. The van der Waals surface area contributed by atoms with Crippen molar-refractivity contribution < 1.29 is 13.2 Å². The van der Waals surface area contributed by atoms with Gasteiger partial charge in [-0.1, -0.05) is 26.2 Å². The molecule has 0 radical (unpaired) electrons. The van der Waals surface area contributed by atoms with Crippen LogP contribution in [0.1, 0.15) is 39.0 Å². The molecule has 0 aromatic heterocycles. The highest BCUT2D eigenvalue weighted by atomic mass is 19.2. The summed E-state index contributed by atoms with van der Waals surface area (Å²) in [6.07, 6.45) is 5.33. The highest BCUT2D eigenvalue weighted by Crippen LogP contribution is 2.29. The van der Waals surface area contributed by atoms with Crippen LogP contribution >= 0.6 is 0 Å². The van der Waals surface area contributed by atoms with Gasteiger partial charge in [0.15, 0.2) is 11.6 Å². The van der Waals surface area contributed by atoms with Crippen LogP contribution in [0.15, 0.2) is 12.1 Å². The van der Waals surface area contributed by atoms with Crippen molar-refractivity contribution in [3.8, 4) is 0 Å². The van der Waals surface area contributed by atoms with Gasteiger partial charge in [-0.3, -0.25) is 0 Å². The minimum atomic E-state index is -1.15. The Kier molecular flexibility index (Phi) is 4.15. The molecule has 0 amide bonds. The molecule has 1 nitrogen and oxygen atoms in total. The van der Waals surface area contributed by atoms with Gasteiger partial charge in [-0.25, -0.2) is 13.2 Å². The first-order valence-electron chi connectivity index (χ1n) is 6.51. The first-order valence-corrected chi connectivity index (χ1v) is 6.51. The molecule has 1 saturated carbocycles. The predicted octanol–water partition coefficient (Wildman–Crippen LogP) is 4.48. The van der Waals surface area contributed by atoms with Crippen molar-refractivity contribution in [3.05, 3.63) is 29.6 Å². The molecule has 0 bridgehead atoms. The number of rotatable bonds is 3. The van der Waals surface area contributed by atoms with E-state index >= 15 is 0 Å². The molecule has 1 aromatic carbocycles. The van der Waals surface area contributed by atoms with Crippen LogP contribution < -0.4 is 5.32 Å². The second-order valence-corrected chi connectivity index (χ2v) is 5.03. The Balaban J connectivity index is 2.07. The van der Waals surface area contributed by atoms with Gasteiger partial charge in [0.25, 0.3) is 0 Å². The van der Waals surface area contributed by atoms with Gasteiger partial charge in [-0.2, -0.15) is 0 Å². The van der Waals surface area contributed by atoms with Crippen LogP contribution in [0.4, 0.5) is 18.9 Å². The Morgan fingerprint density at radius 1 is 1.11 bits per heavy atom. The van der Waals surface area contributed by atoms with Gasteiger partial charge < -0.3 is 5.32 Å². The molecule has 2 atom stereocenters. The molecular weight excluding hydrogens is 239 g/mol. The zero-order valence-electron chi connectivity index (χ0n) is 10.5. The third-order valence-electron chi connectivity index (χ3n) is 3.73. The third kappa shape index (κ3) is 2.98. The minimum absolute atomic E-state index is 0.0654. The van der Waals surface area contributed by atoms with E-state index in [-0.39, 0.29) is 11.7 Å². The zero-order chi connectivity index (χ0) is 13.1. The van der Waals surface area contributed by atoms with E-state index in [1.54, 1.807) is 0 Å². The van der Waals surface area contributed by atoms with Crippen LogP contribution in [0.25, 0.3) is 0 Å². The molecule has 100 valence electrons.